The highest BCUT2D eigenvalue weighted by atomic mass is 16.5. The fourth-order valence-corrected chi connectivity index (χ4v) is 2.56. The van der Waals surface area contributed by atoms with Crippen LogP contribution in [0.15, 0.2) is 23.8 Å². The third kappa shape index (κ3) is 6.31. The summed E-state index contributed by atoms with van der Waals surface area (Å²) in [6.07, 6.45) is 3.26. The topological polar surface area (TPSA) is 121 Å². The predicted molar refractivity (Wildman–Crippen MR) is 93.7 cm³/mol. The van der Waals surface area contributed by atoms with Crippen molar-refractivity contribution < 1.29 is 28.9 Å². The zero-order valence-electron chi connectivity index (χ0n) is 15.0. The monoisotopic (exact) mass is 373 g/mol. The zero-order chi connectivity index (χ0) is 19.6. The third-order valence-electron chi connectivity index (χ3n) is 3.80. The molecule has 0 aromatic heterocycles. The highest BCUT2D eigenvalue weighted by Gasteiger charge is 2.17. The van der Waals surface area contributed by atoms with Gasteiger partial charge < -0.3 is 29.4 Å². The Hall–Kier alpha value is -3.05. The van der Waals surface area contributed by atoms with Crippen molar-refractivity contribution >= 4 is 18.0 Å². The van der Waals surface area contributed by atoms with Gasteiger partial charge in [-0.2, -0.15) is 5.26 Å². The van der Waals surface area contributed by atoms with Gasteiger partial charge in [0.1, 0.15) is 18.2 Å². The Balaban J connectivity index is 2.11. The molecule has 0 aliphatic carbocycles. The molecule has 8 nitrogen and oxygen atoms in total. The fourth-order valence-electron chi connectivity index (χ4n) is 2.56. The minimum atomic E-state index is -1.35. The van der Waals surface area contributed by atoms with Gasteiger partial charge in [0.2, 0.25) is 0 Å². The molecular formula is C19H21N2O6-. The Morgan fingerprint density at radius 1 is 1.41 bits per heavy atom. The van der Waals surface area contributed by atoms with Gasteiger partial charge in [0, 0.05) is 13.2 Å². The van der Waals surface area contributed by atoms with E-state index >= 15 is 0 Å². The number of hydrogen-bond donors (Lipinski definition) is 1. The smallest absolute Gasteiger partial charge is 0.262 e. The first-order chi connectivity index (χ1) is 13.0. The van der Waals surface area contributed by atoms with Crippen molar-refractivity contribution in [2.45, 2.75) is 25.9 Å². The van der Waals surface area contributed by atoms with Crippen molar-refractivity contribution in [1.82, 2.24) is 5.32 Å². The molecular weight excluding hydrogens is 352 g/mol. The third-order valence-corrected chi connectivity index (χ3v) is 3.80. The number of aliphatic carboxylic acids is 1. The number of carboxylic acids is 1. The molecule has 1 aliphatic rings. The van der Waals surface area contributed by atoms with Gasteiger partial charge in [-0.05, 0) is 43.5 Å². The largest absolute Gasteiger partial charge is 0.546 e. The minimum absolute atomic E-state index is 0.0152. The summed E-state index contributed by atoms with van der Waals surface area (Å²) < 4.78 is 16.0. The predicted octanol–water partition coefficient (Wildman–Crippen LogP) is 0.416. The van der Waals surface area contributed by atoms with Gasteiger partial charge in [0.05, 0.1) is 18.7 Å². The highest BCUT2D eigenvalue weighted by Crippen LogP contribution is 2.29. The quantitative estimate of drug-likeness (QED) is 0.492. The van der Waals surface area contributed by atoms with Gasteiger partial charge in [-0.15, -0.1) is 0 Å². The number of carboxylic acid groups (broad SMARTS) is 1. The second-order valence-corrected chi connectivity index (χ2v) is 5.81. The van der Waals surface area contributed by atoms with Crippen LogP contribution in [0.25, 0.3) is 6.08 Å². The number of amides is 1. The zero-order valence-corrected chi connectivity index (χ0v) is 15.0. The number of nitriles is 1. The molecule has 8 heteroatoms. The molecule has 2 rings (SSSR count). The molecule has 1 atom stereocenters. The number of nitrogens with one attached hydrogen (secondary N) is 1. The van der Waals surface area contributed by atoms with Gasteiger partial charge in [0.15, 0.2) is 11.5 Å². The van der Waals surface area contributed by atoms with Crippen molar-refractivity contribution in [3.8, 4) is 17.6 Å². The number of hydrogen-bond acceptors (Lipinski definition) is 7. The molecule has 1 saturated heterocycles. The Labute approximate surface area is 157 Å². The molecule has 1 fully saturated rings. The van der Waals surface area contributed by atoms with Crippen LogP contribution >= 0.6 is 0 Å². The van der Waals surface area contributed by atoms with E-state index in [-0.39, 0.29) is 17.4 Å². The van der Waals surface area contributed by atoms with Crippen LogP contribution in [0.5, 0.6) is 11.5 Å². The maximum Gasteiger partial charge on any atom is 0.262 e. The summed E-state index contributed by atoms with van der Waals surface area (Å²) in [5.74, 6) is -1.29. The van der Waals surface area contributed by atoms with E-state index in [9.17, 15) is 20.0 Å². The summed E-state index contributed by atoms with van der Waals surface area (Å²) >= 11 is 0. The van der Waals surface area contributed by atoms with Gasteiger partial charge >= 0.3 is 0 Å². The van der Waals surface area contributed by atoms with Crippen molar-refractivity contribution in [3.63, 3.8) is 0 Å². The SMILES string of the molecule is CCOc1cc(/C=C(\C#N)C(=O)NC[C@H]2CCCO2)ccc1OCC(=O)[O-]. The molecule has 0 radical (unpaired) electrons. The van der Waals surface area contributed by atoms with Crippen LogP contribution in [0, 0.1) is 11.3 Å². The van der Waals surface area contributed by atoms with Gasteiger partial charge in [-0.3, -0.25) is 4.79 Å². The minimum Gasteiger partial charge on any atom is -0.546 e. The number of nitrogens with zero attached hydrogens (tertiary/aromatic N) is 1. The summed E-state index contributed by atoms with van der Waals surface area (Å²) in [6, 6.07) is 6.56. The van der Waals surface area contributed by atoms with E-state index in [1.165, 1.54) is 12.1 Å². The second kappa shape index (κ2) is 10.2. The van der Waals surface area contributed by atoms with Crippen LogP contribution in [-0.4, -0.2) is 44.3 Å². The van der Waals surface area contributed by atoms with E-state index in [1.54, 1.807) is 19.1 Å². The van der Waals surface area contributed by atoms with Gasteiger partial charge in [0.25, 0.3) is 5.91 Å². The number of carbonyl (C=O) groups excluding carboxylic acids is 2. The molecule has 1 aromatic carbocycles. The first kappa shape index (κ1) is 20.3. The van der Waals surface area contributed by atoms with Gasteiger partial charge in [-0.1, -0.05) is 6.07 Å². The molecule has 0 bridgehead atoms. The van der Waals surface area contributed by atoms with E-state index in [2.05, 4.69) is 5.32 Å². The summed E-state index contributed by atoms with van der Waals surface area (Å²) in [5, 5.41) is 22.5. The number of carbonyl (C=O) groups is 2. The Morgan fingerprint density at radius 3 is 2.85 bits per heavy atom. The lowest BCUT2D eigenvalue weighted by atomic mass is 10.1. The maximum atomic E-state index is 12.2. The van der Waals surface area contributed by atoms with E-state index in [0.29, 0.717) is 31.1 Å². The highest BCUT2D eigenvalue weighted by molar-refractivity contribution is 6.01. The average molecular weight is 373 g/mol. The van der Waals surface area contributed by atoms with Crippen LogP contribution in [-0.2, 0) is 14.3 Å². The standard InChI is InChI=1S/C19H22N2O6/c1-2-25-17-9-13(5-6-16(17)27-12-18(22)23)8-14(10-20)19(24)21-11-15-4-3-7-26-15/h5-6,8-9,15H,2-4,7,11-12H2,1H3,(H,21,24)(H,22,23)/p-1/b14-8+/t15-/m1/s1. The van der Waals surface area contributed by atoms with Crippen LogP contribution in [0.4, 0.5) is 0 Å². The summed E-state index contributed by atoms with van der Waals surface area (Å²) in [7, 11) is 0. The van der Waals surface area contributed by atoms with Crippen molar-refractivity contribution in [1.29, 1.82) is 5.26 Å². The Bertz CT molecular complexity index is 747. The molecule has 0 saturated carbocycles. The molecule has 1 N–H and O–H groups in total. The van der Waals surface area contributed by atoms with Crippen molar-refractivity contribution in [2.75, 3.05) is 26.4 Å². The van der Waals surface area contributed by atoms with Gasteiger partial charge in [-0.25, -0.2) is 0 Å². The van der Waals surface area contributed by atoms with Crippen LogP contribution in [0.3, 0.4) is 0 Å². The normalized spacial score (nSPS) is 16.4. The lowest BCUT2D eigenvalue weighted by molar-refractivity contribution is -0.307. The number of benzene rings is 1. The number of ether oxygens (including phenoxy) is 3. The molecule has 1 aromatic rings. The van der Waals surface area contributed by atoms with Crippen LogP contribution in [0.2, 0.25) is 0 Å². The average Bonchev–Trinajstić information content (AvgIpc) is 3.17. The Morgan fingerprint density at radius 2 is 2.22 bits per heavy atom. The molecule has 1 aliphatic heterocycles. The molecule has 0 spiro atoms. The molecule has 1 amide bonds. The first-order valence-corrected chi connectivity index (χ1v) is 8.64. The Kier molecular flexibility index (Phi) is 7.64. The van der Waals surface area contributed by atoms with Crippen molar-refractivity contribution in [3.05, 3.63) is 29.3 Å². The van der Waals surface area contributed by atoms with Crippen LogP contribution in [0.1, 0.15) is 25.3 Å². The second-order valence-electron chi connectivity index (χ2n) is 5.81. The van der Waals surface area contributed by atoms with E-state index in [1.807, 2.05) is 6.07 Å². The summed E-state index contributed by atoms with van der Waals surface area (Å²) in [6.45, 7) is 2.54. The fraction of sp³-hybridized carbons (Fsp3) is 0.421. The van der Waals surface area contributed by atoms with E-state index in [4.69, 9.17) is 14.2 Å². The summed E-state index contributed by atoms with van der Waals surface area (Å²) in [4.78, 5) is 22.8. The lowest BCUT2D eigenvalue weighted by Gasteiger charge is -2.13. The van der Waals surface area contributed by atoms with E-state index < -0.39 is 18.5 Å². The molecule has 27 heavy (non-hydrogen) atoms. The van der Waals surface area contributed by atoms with Crippen LogP contribution < -0.4 is 19.9 Å². The van der Waals surface area contributed by atoms with E-state index in [0.717, 1.165) is 12.8 Å². The first-order valence-electron chi connectivity index (χ1n) is 8.64. The maximum absolute atomic E-state index is 12.2. The summed E-state index contributed by atoms with van der Waals surface area (Å²) in [5.41, 5.74) is 0.488. The molecule has 144 valence electrons. The van der Waals surface area contributed by atoms with Crippen molar-refractivity contribution in [2.24, 2.45) is 0 Å². The molecule has 0 unspecified atom stereocenters. The number of rotatable bonds is 9. The lowest BCUT2D eigenvalue weighted by Crippen LogP contribution is -2.32. The molecule has 1 heterocycles.